The highest BCUT2D eigenvalue weighted by Crippen LogP contribution is 2.36. The fourth-order valence-electron chi connectivity index (χ4n) is 2.79. The first-order chi connectivity index (χ1) is 9.83. The van der Waals surface area contributed by atoms with E-state index in [1.54, 1.807) is 12.4 Å². The van der Waals surface area contributed by atoms with Crippen molar-refractivity contribution < 1.29 is 4.74 Å². The molecule has 2 aromatic rings. The van der Waals surface area contributed by atoms with Gasteiger partial charge in [-0.15, -0.1) is 0 Å². The van der Waals surface area contributed by atoms with Crippen LogP contribution < -0.4 is 4.74 Å². The van der Waals surface area contributed by atoms with Crippen molar-refractivity contribution >= 4 is 0 Å². The van der Waals surface area contributed by atoms with Crippen molar-refractivity contribution in [2.24, 2.45) is 0 Å². The van der Waals surface area contributed by atoms with Crippen molar-refractivity contribution in [1.29, 1.82) is 0 Å². The number of aryl methyl sites for hydroxylation is 1. The van der Waals surface area contributed by atoms with Crippen LogP contribution in [0, 0.1) is 6.92 Å². The number of benzene rings is 1. The zero-order valence-corrected chi connectivity index (χ0v) is 11.9. The molecule has 20 heavy (non-hydrogen) atoms. The van der Waals surface area contributed by atoms with Crippen LogP contribution in [0.15, 0.2) is 36.7 Å². The normalized spacial score (nSPS) is 16.1. The van der Waals surface area contributed by atoms with Crippen LogP contribution in [0.4, 0.5) is 0 Å². The smallest absolute Gasteiger partial charge is 0.241 e. The molecule has 0 N–H and O–H groups in total. The van der Waals surface area contributed by atoms with Gasteiger partial charge in [-0.2, -0.15) is 0 Å². The Kier molecular flexibility index (Phi) is 3.95. The molecule has 1 aromatic heterocycles. The van der Waals surface area contributed by atoms with E-state index in [1.807, 2.05) is 24.3 Å². The summed E-state index contributed by atoms with van der Waals surface area (Å²) in [6.07, 6.45) is 9.77. The van der Waals surface area contributed by atoms with Gasteiger partial charge in [0, 0.05) is 18.3 Å². The van der Waals surface area contributed by atoms with Crippen LogP contribution in [-0.2, 0) is 0 Å². The van der Waals surface area contributed by atoms with Gasteiger partial charge in [0.15, 0.2) is 0 Å². The predicted molar refractivity (Wildman–Crippen MR) is 79.1 cm³/mol. The zero-order valence-electron chi connectivity index (χ0n) is 11.9. The summed E-state index contributed by atoms with van der Waals surface area (Å²) in [5, 5.41) is 0. The molecule has 0 spiro atoms. The summed E-state index contributed by atoms with van der Waals surface area (Å²) in [6, 6.07) is 8.06. The first kappa shape index (κ1) is 13.1. The molecule has 3 nitrogen and oxygen atoms in total. The maximum Gasteiger partial charge on any atom is 0.241 e. The Labute approximate surface area is 120 Å². The lowest BCUT2D eigenvalue weighted by atomic mass is 9.87. The minimum Gasteiger partial charge on any atom is -0.437 e. The fraction of sp³-hybridized carbons (Fsp3) is 0.412. The maximum absolute atomic E-state index is 5.94. The molecule has 0 atom stereocenters. The van der Waals surface area contributed by atoms with Crippen molar-refractivity contribution in [1.82, 2.24) is 9.97 Å². The number of hydrogen-bond donors (Lipinski definition) is 0. The molecular weight excluding hydrogens is 248 g/mol. The van der Waals surface area contributed by atoms with Crippen LogP contribution in [0.3, 0.4) is 0 Å². The molecule has 3 rings (SSSR count). The third-order valence-electron chi connectivity index (χ3n) is 3.92. The Hall–Kier alpha value is -1.90. The van der Waals surface area contributed by atoms with Gasteiger partial charge in [-0.05, 0) is 31.9 Å². The summed E-state index contributed by atoms with van der Waals surface area (Å²) >= 11 is 0. The Morgan fingerprint density at radius 2 is 1.65 bits per heavy atom. The highest BCUT2D eigenvalue weighted by molar-refractivity contribution is 5.32. The van der Waals surface area contributed by atoms with E-state index in [1.165, 1.54) is 37.7 Å². The van der Waals surface area contributed by atoms with Crippen molar-refractivity contribution in [3.05, 3.63) is 47.9 Å². The van der Waals surface area contributed by atoms with Crippen LogP contribution in [-0.4, -0.2) is 9.97 Å². The minimum atomic E-state index is 0.498. The van der Waals surface area contributed by atoms with Gasteiger partial charge in [0.25, 0.3) is 0 Å². The third kappa shape index (κ3) is 2.98. The van der Waals surface area contributed by atoms with E-state index < -0.39 is 0 Å². The van der Waals surface area contributed by atoms with Gasteiger partial charge in [0.1, 0.15) is 11.4 Å². The number of ether oxygens (including phenoxy) is 1. The van der Waals surface area contributed by atoms with Crippen LogP contribution in [0.25, 0.3) is 0 Å². The summed E-state index contributed by atoms with van der Waals surface area (Å²) in [4.78, 5) is 8.92. The van der Waals surface area contributed by atoms with E-state index in [0.717, 1.165) is 11.4 Å². The molecule has 104 valence electrons. The van der Waals surface area contributed by atoms with E-state index in [0.29, 0.717) is 11.8 Å². The molecule has 0 aliphatic heterocycles. The largest absolute Gasteiger partial charge is 0.437 e. The summed E-state index contributed by atoms with van der Waals surface area (Å²) in [7, 11) is 0. The molecule has 3 heteroatoms. The van der Waals surface area contributed by atoms with E-state index in [4.69, 9.17) is 4.74 Å². The van der Waals surface area contributed by atoms with Gasteiger partial charge < -0.3 is 4.74 Å². The zero-order chi connectivity index (χ0) is 13.8. The molecule has 0 bridgehead atoms. The van der Waals surface area contributed by atoms with Gasteiger partial charge in [0.2, 0.25) is 5.88 Å². The Balaban J connectivity index is 1.83. The molecule has 1 heterocycles. The van der Waals surface area contributed by atoms with E-state index >= 15 is 0 Å². The minimum absolute atomic E-state index is 0.498. The summed E-state index contributed by atoms with van der Waals surface area (Å²) in [5.74, 6) is 1.99. The highest BCUT2D eigenvalue weighted by Gasteiger charge is 2.21. The van der Waals surface area contributed by atoms with Crippen molar-refractivity contribution in [2.45, 2.75) is 44.9 Å². The lowest BCUT2D eigenvalue weighted by Gasteiger charge is -2.22. The van der Waals surface area contributed by atoms with Crippen molar-refractivity contribution in [3.63, 3.8) is 0 Å². The van der Waals surface area contributed by atoms with Gasteiger partial charge >= 0.3 is 0 Å². The summed E-state index contributed by atoms with van der Waals surface area (Å²) in [5.41, 5.74) is 2.25. The molecule has 1 fully saturated rings. The van der Waals surface area contributed by atoms with Gasteiger partial charge in [-0.25, -0.2) is 4.98 Å². The standard InChI is InChI=1S/C17H20N2O/c1-13-7-9-15(10-8-13)20-17-16(18-11-12-19-17)14-5-3-2-4-6-14/h7-12,14H,2-6H2,1H3. The maximum atomic E-state index is 5.94. The fourth-order valence-corrected chi connectivity index (χ4v) is 2.79. The Bertz CT molecular complexity index is 559. The average Bonchev–Trinajstić information content (AvgIpc) is 2.51. The van der Waals surface area contributed by atoms with Gasteiger partial charge in [-0.3, -0.25) is 4.98 Å². The molecule has 0 radical (unpaired) electrons. The summed E-state index contributed by atoms with van der Waals surface area (Å²) < 4.78 is 5.94. The number of nitrogens with zero attached hydrogens (tertiary/aromatic N) is 2. The Morgan fingerprint density at radius 1 is 0.950 bits per heavy atom. The molecule has 0 unspecified atom stereocenters. The molecule has 1 aliphatic carbocycles. The Morgan fingerprint density at radius 3 is 2.40 bits per heavy atom. The number of hydrogen-bond acceptors (Lipinski definition) is 3. The predicted octanol–water partition coefficient (Wildman–Crippen LogP) is 4.63. The molecule has 1 saturated carbocycles. The molecule has 0 saturated heterocycles. The van der Waals surface area contributed by atoms with Gasteiger partial charge in [-0.1, -0.05) is 37.0 Å². The average molecular weight is 268 g/mol. The van der Waals surface area contributed by atoms with Crippen LogP contribution in [0.1, 0.15) is 49.3 Å². The monoisotopic (exact) mass is 268 g/mol. The topological polar surface area (TPSA) is 35.0 Å². The van der Waals surface area contributed by atoms with Crippen LogP contribution in [0.2, 0.25) is 0 Å². The third-order valence-corrected chi connectivity index (χ3v) is 3.92. The highest BCUT2D eigenvalue weighted by atomic mass is 16.5. The second-order valence-electron chi connectivity index (χ2n) is 5.50. The molecule has 1 aromatic carbocycles. The van der Waals surface area contributed by atoms with Crippen LogP contribution >= 0.6 is 0 Å². The van der Waals surface area contributed by atoms with E-state index in [-0.39, 0.29) is 0 Å². The quantitative estimate of drug-likeness (QED) is 0.814. The van der Waals surface area contributed by atoms with Gasteiger partial charge in [0.05, 0.1) is 0 Å². The SMILES string of the molecule is Cc1ccc(Oc2nccnc2C2CCCCC2)cc1. The van der Waals surface area contributed by atoms with Crippen molar-refractivity contribution in [3.8, 4) is 11.6 Å². The first-order valence-corrected chi connectivity index (χ1v) is 7.38. The second kappa shape index (κ2) is 6.04. The lowest BCUT2D eigenvalue weighted by Crippen LogP contribution is -2.08. The lowest BCUT2D eigenvalue weighted by molar-refractivity contribution is 0.401. The number of rotatable bonds is 3. The molecule has 0 amide bonds. The number of aromatic nitrogens is 2. The first-order valence-electron chi connectivity index (χ1n) is 7.38. The van der Waals surface area contributed by atoms with Crippen LogP contribution in [0.5, 0.6) is 11.6 Å². The van der Waals surface area contributed by atoms with Crippen molar-refractivity contribution in [2.75, 3.05) is 0 Å². The second-order valence-corrected chi connectivity index (χ2v) is 5.50. The molecular formula is C17H20N2O. The van der Waals surface area contributed by atoms with E-state index in [9.17, 15) is 0 Å². The summed E-state index contributed by atoms with van der Waals surface area (Å²) in [6.45, 7) is 2.07. The molecule has 1 aliphatic rings. The van der Waals surface area contributed by atoms with E-state index in [2.05, 4.69) is 16.9 Å².